The Morgan fingerprint density at radius 1 is 1.50 bits per heavy atom. The summed E-state index contributed by atoms with van der Waals surface area (Å²) in [6, 6.07) is 5.29. The summed E-state index contributed by atoms with van der Waals surface area (Å²) < 4.78 is 5.62. The van der Waals surface area contributed by atoms with Gasteiger partial charge in [-0.25, -0.2) is 9.78 Å². The molecule has 0 aliphatic rings. The van der Waals surface area contributed by atoms with E-state index in [0.717, 1.165) is 14.9 Å². The molecule has 2 rings (SSSR count). The minimum absolute atomic E-state index is 0.385. The first-order chi connectivity index (χ1) is 8.60. The van der Waals surface area contributed by atoms with Crippen LogP contribution in [0, 0.1) is 6.92 Å². The molecule has 0 unspecified atom stereocenters. The van der Waals surface area contributed by atoms with E-state index in [1.807, 2.05) is 18.4 Å². The molecule has 6 heteroatoms. The Morgan fingerprint density at radius 2 is 2.28 bits per heavy atom. The molecule has 2 N–H and O–H groups in total. The van der Waals surface area contributed by atoms with Crippen molar-refractivity contribution in [3.8, 4) is 0 Å². The summed E-state index contributed by atoms with van der Waals surface area (Å²) >= 11 is 3.08. The van der Waals surface area contributed by atoms with E-state index in [1.165, 1.54) is 18.9 Å². The Kier molecular flexibility index (Phi) is 3.88. The number of benzene rings is 1. The van der Waals surface area contributed by atoms with E-state index in [-0.39, 0.29) is 0 Å². The van der Waals surface area contributed by atoms with Gasteiger partial charge in [0.15, 0.2) is 4.34 Å². The third-order valence-corrected chi connectivity index (χ3v) is 4.28. The van der Waals surface area contributed by atoms with E-state index in [1.54, 1.807) is 23.5 Å². The smallest absolute Gasteiger partial charge is 0.339 e. The molecule has 0 radical (unpaired) electrons. The van der Waals surface area contributed by atoms with Crippen molar-refractivity contribution in [2.75, 3.05) is 12.8 Å². The number of carbonyl (C=O) groups is 1. The number of hydrogen-bond donors (Lipinski definition) is 1. The standard InChI is InChI=1S/C12H12N2O2S2/c1-7-6-17-12(14-7)18-8-3-4-10(13)9(5-8)11(15)16-2/h3-6H,13H2,1-2H3. The van der Waals surface area contributed by atoms with Gasteiger partial charge in [-0.15, -0.1) is 11.3 Å². The van der Waals surface area contributed by atoms with Crippen molar-refractivity contribution in [1.29, 1.82) is 0 Å². The fourth-order valence-corrected chi connectivity index (χ4v) is 3.22. The highest BCUT2D eigenvalue weighted by Gasteiger charge is 2.11. The molecule has 0 saturated carbocycles. The van der Waals surface area contributed by atoms with E-state index < -0.39 is 5.97 Å². The van der Waals surface area contributed by atoms with Crippen LogP contribution in [0.2, 0.25) is 0 Å². The molecule has 0 aliphatic heterocycles. The number of thiazole rings is 1. The Hall–Kier alpha value is -1.53. The van der Waals surface area contributed by atoms with Gasteiger partial charge in [-0.05, 0) is 25.1 Å². The lowest BCUT2D eigenvalue weighted by molar-refractivity contribution is 0.0601. The first kappa shape index (κ1) is 12.9. The van der Waals surface area contributed by atoms with Gasteiger partial charge in [-0.1, -0.05) is 11.8 Å². The van der Waals surface area contributed by atoms with E-state index in [9.17, 15) is 4.79 Å². The predicted octanol–water partition coefficient (Wildman–Crippen LogP) is 2.97. The molecular formula is C12H12N2O2S2. The van der Waals surface area contributed by atoms with Crippen LogP contribution in [0.15, 0.2) is 32.8 Å². The number of esters is 1. The number of nitrogen functional groups attached to an aromatic ring is 1. The number of methoxy groups -OCH3 is 1. The zero-order chi connectivity index (χ0) is 13.1. The van der Waals surface area contributed by atoms with Gasteiger partial charge in [0.1, 0.15) is 0 Å². The Morgan fingerprint density at radius 3 is 2.89 bits per heavy atom. The van der Waals surface area contributed by atoms with Crippen LogP contribution in [-0.2, 0) is 4.74 Å². The molecule has 2 aromatic rings. The first-order valence-electron chi connectivity index (χ1n) is 5.18. The third kappa shape index (κ3) is 2.83. The fraction of sp³-hybridized carbons (Fsp3) is 0.167. The van der Waals surface area contributed by atoms with Gasteiger partial charge in [-0.3, -0.25) is 0 Å². The lowest BCUT2D eigenvalue weighted by atomic mass is 10.2. The van der Waals surface area contributed by atoms with Crippen LogP contribution in [0.4, 0.5) is 5.69 Å². The molecule has 0 amide bonds. The van der Waals surface area contributed by atoms with Gasteiger partial charge in [0, 0.05) is 21.7 Å². The molecule has 1 aromatic carbocycles. The summed E-state index contributed by atoms with van der Waals surface area (Å²) in [4.78, 5) is 16.8. The number of aryl methyl sites for hydroxylation is 1. The second-order valence-electron chi connectivity index (χ2n) is 3.60. The summed E-state index contributed by atoms with van der Waals surface area (Å²) in [5.74, 6) is -0.426. The van der Waals surface area contributed by atoms with Crippen molar-refractivity contribution >= 4 is 34.8 Å². The molecule has 1 aromatic heterocycles. The Labute approximate surface area is 113 Å². The first-order valence-corrected chi connectivity index (χ1v) is 6.87. The number of nitrogens with zero attached hydrogens (tertiary/aromatic N) is 1. The van der Waals surface area contributed by atoms with Gasteiger partial charge >= 0.3 is 5.97 Å². The summed E-state index contributed by atoms with van der Waals surface area (Å²) in [6.07, 6.45) is 0. The van der Waals surface area contributed by atoms with Crippen LogP contribution in [0.5, 0.6) is 0 Å². The largest absolute Gasteiger partial charge is 0.465 e. The number of rotatable bonds is 3. The van der Waals surface area contributed by atoms with Crippen molar-refractivity contribution in [1.82, 2.24) is 4.98 Å². The van der Waals surface area contributed by atoms with Crippen molar-refractivity contribution in [2.24, 2.45) is 0 Å². The molecule has 18 heavy (non-hydrogen) atoms. The predicted molar refractivity (Wildman–Crippen MR) is 73.2 cm³/mol. The van der Waals surface area contributed by atoms with Crippen LogP contribution in [0.1, 0.15) is 16.1 Å². The number of hydrogen-bond acceptors (Lipinski definition) is 6. The van der Waals surface area contributed by atoms with E-state index >= 15 is 0 Å². The van der Waals surface area contributed by atoms with Crippen molar-refractivity contribution in [2.45, 2.75) is 16.2 Å². The normalized spacial score (nSPS) is 10.3. The molecule has 94 valence electrons. The quantitative estimate of drug-likeness (QED) is 0.691. The zero-order valence-electron chi connectivity index (χ0n) is 9.97. The molecule has 0 saturated heterocycles. The van der Waals surface area contributed by atoms with Crippen molar-refractivity contribution < 1.29 is 9.53 Å². The number of aromatic nitrogens is 1. The second-order valence-corrected chi connectivity index (χ2v) is 5.78. The number of nitrogens with two attached hydrogens (primary N) is 1. The van der Waals surface area contributed by atoms with Crippen LogP contribution in [0.3, 0.4) is 0 Å². The van der Waals surface area contributed by atoms with Crippen LogP contribution in [-0.4, -0.2) is 18.1 Å². The molecule has 1 heterocycles. The maximum absolute atomic E-state index is 11.5. The monoisotopic (exact) mass is 280 g/mol. The summed E-state index contributed by atoms with van der Waals surface area (Å²) in [6.45, 7) is 1.95. The maximum Gasteiger partial charge on any atom is 0.339 e. The highest BCUT2D eigenvalue weighted by atomic mass is 32.2. The molecular weight excluding hydrogens is 268 g/mol. The maximum atomic E-state index is 11.5. The van der Waals surface area contributed by atoms with Gasteiger partial charge in [0.2, 0.25) is 0 Å². The Bertz CT molecular complexity index is 581. The summed E-state index contributed by atoms with van der Waals surface area (Å²) in [7, 11) is 1.34. The van der Waals surface area contributed by atoms with Gasteiger partial charge in [0.05, 0.1) is 12.7 Å². The topological polar surface area (TPSA) is 65.2 Å². The molecule has 0 spiro atoms. The minimum Gasteiger partial charge on any atom is -0.465 e. The average Bonchev–Trinajstić information content (AvgIpc) is 2.76. The number of carbonyl (C=O) groups excluding carboxylic acids is 1. The van der Waals surface area contributed by atoms with Crippen LogP contribution >= 0.6 is 23.1 Å². The van der Waals surface area contributed by atoms with Crippen LogP contribution in [0.25, 0.3) is 0 Å². The SMILES string of the molecule is COC(=O)c1cc(Sc2nc(C)cs2)ccc1N. The molecule has 4 nitrogen and oxygen atoms in total. The summed E-state index contributed by atoms with van der Waals surface area (Å²) in [5.41, 5.74) is 7.54. The third-order valence-electron chi connectivity index (χ3n) is 2.23. The number of anilines is 1. The lowest BCUT2D eigenvalue weighted by Crippen LogP contribution is -2.05. The molecule has 0 atom stereocenters. The van der Waals surface area contributed by atoms with Gasteiger partial charge < -0.3 is 10.5 Å². The highest BCUT2D eigenvalue weighted by molar-refractivity contribution is 8.01. The minimum atomic E-state index is -0.426. The highest BCUT2D eigenvalue weighted by Crippen LogP contribution is 2.32. The van der Waals surface area contributed by atoms with E-state index in [0.29, 0.717) is 11.3 Å². The second kappa shape index (κ2) is 5.41. The summed E-state index contributed by atoms with van der Waals surface area (Å²) in [5, 5.41) is 1.99. The van der Waals surface area contributed by atoms with E-state index in [4.69, 9.17) is 5.73 Å². The Balaban J connectivity index is 2.27. The zero-order valence-corrected chi connectivity index (χ0v) is 11.6. The lowest BCUT2D eigenvalue weighted by Gasteiger charge is -2.05. The van der Waals surface area contributed by atoms with Gasteiger partial charge in [-0.2, -0.15) is 0 Å². The number of ether oxygens (including phenoxy) is 1. The fourth-order valence-electron chi connectivity index (χ4n) is 1.37. The molecule has 0 aliphatic carbocycles. The average molecular weight is 280 g/mol. The van der Waals surface area contributed by atoms with Gasteiger partial charge in [0.25, 0.3) is 0 Å². The van der Waals surface area contributed by atoms with Crippen LogP contribution < -0.4 is 5.73 Å². The van der Waals surface area contributed by atoms with Crippen molar-refractivity contribution in [3.63, 3.8) is 0 Å². The van der Waals surface area contributed by atoms with Crippen molar-refractivity contribution in [3.05, 3.63) is 34.8 Å². The molecule has 0 fully saturated rings. The molecule has 0 bridgehead atoms. The van der Waals surface area contributed by atoms with E-state index in [2.05, 4.69) is 9.72 Å².